The highest BCUT2D eigenvalue weighted by atomic mass is 32.2. The summed E-state index contributed by atoms with van der Waals surface area (Å²) >= 11 is 0. The van der Waals surface area contributed by atoms with Crippen LogP contribution in [0.2, 0.25) is 0 Å². The largest absolute Gasteiger partial charge is 0.495 e. The predicted molar refractivity (Wildman–Crippen MR) is 83.9 cm³/mol. The third-order valence-electron chi connectivity index (χ3n) is 2.70. The van der Waals surface area contributed by atoms with Crippen LogP contribution in [0.15, 0.2) is 18.2 Å². The van der Waals surface area contributed by atoms with Crippen LogP contribution in [0.5, 0.6) is 5.75 Å². The Kier molecular flexibility index (Phi) is 7.06. The summed E-state index contributed by atoms with van der Waals surface area (Å²) in [6, 6.07) is 5.04. The number of benzene rings is 1. The van der Waals surface area contributed by atoms with Crippen molar-refractivity contribution in [2.75, 3.05) is 24.2 Å². The van der Waals surface area contributed by atoms with Crippen molar-refractivity contribution in [3.63, 3.8) is 0 Å². The Hall–Kier alpha value is -1.71. The van der Waals surface area contributed by atoms with E-state index >= 15 is 0 Å². The van der Waals surface area contributed by atoms with E-state index < -0.39 is 10.0 Å². The van der Waals surface area contributed by atoms with E-state index in [2.05, 4.69) is 16.6 Å². The maximum absolute atomic E-state index is 12.0. The van der Waals surface area contributed by atoms with Crippen LogP contribution < -0.4 is 9.46 Å². The van der Waals surface area contributed by atoms with E-state index in [4.69, 9.17) is 9.84 Å². The summed E-state index contributed by atoms with van der Waals surface area (Å²) in [5, 5.41) is 8.70. The smallest absolute Gasteiger partial charge is 0.232 e. The first kappa shape index (κ1) is 17.3. The van der Waals surface area contributed by atoms with E-state index in [1.807, 2.05) is 6.92 Å². The van der Waals surface area contributed by atoms with Gasteiger partial charge in [0.25, 0.3) is 0 Å². The number of unbranched alkanes of at least 4 members (excludes halogenated alkanes) is 1. The quantitative estimate of drug-likeness (QED) is 0.755. The van der Waals surface area contributed by atoms with E-state index in [-0.39, 0.29) is 12.4 Å². The fraction of sp³-hybridized carbons (Fsp3) is 0.467. The zero-order chi connectivity index (χ0) is 15.7. The Morgan fingerprint density at radius 1 is 1.38 bits per heavy atom. The highest BCUT2D eigenvalue weighted by Gasteiger charge is 2.13. The Morgan fingerprint density at radius 3 is 2.76 bits per heavy atom. The molecule has 5 nitrogen and oxygen atoms in total. The molecule has 0 fully saturated rings. The van der Waals surface area contributed by atoms with Gasteiger partial charge in [-0.05, 0) is 24.6 Å². The van der Waals surface area contributed by atoms with Crippen LogP contribution in [0.3, 0.4) is 0 Å². The van der Waals surface area contributed by atoms with Crippen molar-refractivity contribution in [3.05, 3.63) is 23.8 Å². The number of anilines is 1. The van der Waals surface area contributed by atoms with Gasteiger partial charge in [-0.3, -0.25) is 4.72 Å². The Morgan fingerprint density at radius 2 is 2.14 bits per heavy atom. The van der Waals surface area contributed by atoms with Crippen LogP contribution in [0, 0.1) is 11.8 Å². The molecule has 0 spiro atoms. The normalized spacial score (nSPS) is 10.6. The lowest BCUT2D eigenvalue weighted by atomic mass is 10.2. The van der Waals surface area contributed by atoms with Gasteiger partial charge in [0.05, 0.1) is 25.2 Å². The number of methoxy groups -OCH3 is 1. The van der Waals surface area contributed by atoms with E-state index in [1.54, 1.807) is 18.2 Å². The fourth-order valence-corrected chi connectivity index (χ4v) is 2.90. The molecule has 0 aliphatic rings. The van der Waals surface area contributed by atoms with Gasteiger partial charge >= 0.3 is 0 Å². The molecule has 0 bridgehead atoms. The minimum absolute atomic E-state index is 0.000338. The standard InChI is InChI=1S/C15H21NO4S/c1-3-4-11-21(18,19)16-14-12-13(7-5-6-10-17)8-9-15(14)20-2/h8-9,12,16-17H,3-4,6,10-11H2,1-2H3. The lowest BCUT2D eigenvalue weighted by Gasteiger charge is -2.12. The number of ether oxygens (including phenoxy) is 1. The summed E-state index contributed by atoms with van der Waals surface area (Å²) in [5.74, 6) is 6.18. The molecule has 0 aliphatic carbocycles. The maximum atomic E-state index is 12.0. The molecule has 21 heavy (non-hydrogen) atoms. The van der Waals surface area contributed by atoms with Crippen molar-refractivity contribution in [1.29, 1.82) is 0 Å². The molecule has 0 radical (unpaired) electrons. The van der Waals surface area contributed by atoms with Crippen molar-refractivity contribution in [1.82, 2.24) is 0 Å². The zero-order valence-electron chi connectivity index (χ0n) is 12.3. The second kappa shape index (κ2) is 8.55. The molecule has 0 heterocycles. The monoisotopic (exact) mass is 311 g/mol. The molecule has 1 aromatic rings. The lowest BCUT2D eigenvalue weighted by molar-refractivity contribution is 0.305. The number of nitrogens with one attached hydrogen (secondary N) is 1. The van der Waals surface area contributed by atoms with Gasteiger partial charge in [0, 0.05) is 12.0 Å². The van der Waals surface area contributed by atoms with Crippen molar-refractivity contribution in [2.24, 2.45) is 0 Å². The average Bonchev–Trinajstić information content (AvgIpc) is 2.45. The number of rotatable bonds is 7. The molecule has 0 amide bonds. The van der Waals surface area contributed by atoms with Crippen LogP contribution in [-0.4, -0.2) is 33.0 Å². The first-order chi connectivity index (χ1) is 10.0. The van der Waals surface area contributed by atoms with Gasteiger partial charge in [-0.25, -0.2) is 8.42 Å². The van der Waals surface area contributed by atoms with Crippen LogP contribution in [0.25, 0.3) is 0 Å². The van der Waals surface area contributed by atoms with Crippen LogP contribution >= 0.6 is 0 Å². The second-order valence-electron chi connectivity index (χ2n) is 4.46. The van der Waals surface area contributed by atoms with Gasteiger partial charge in [-0.1, -0.05) is 25.2 Å². The number of sulfonamides is 1. The summed E-state index contributed by atoms with van der Waals surface area (Å²) in [4.78, 5) is 0. The molecule has 0 unspecified atom stereocenters. The Bertz CT molecular complexity index is 614. The minimum atomic E-state index is -3.39. The SMILES string of the molecule is CCCCS(=O)(=O)Nc1cc(C#CCCO)ccc1OC. The predicted octanol–water partition coefficient (Wildman–Crippen LogP) is 1.97. The molecule has 2 N–H and O–H groups in total. The number of hydrogen-bond donors (Lipinski definition) is 2. The first-order valence-corrected chi connectivity index (χ1v) is 8.46. The van der Waals surface area contributed by atoms with Crippen molar-refractivity contribution in [3.8, 4) is 17.6 Å². The van der Waals surface area contributed by atoms with Crippen molar-refractivity contribution >= 4 is 15.7 Å². The van der Waals surface area contributed by atoms with Crippen LogP contribution in [0.4, 0.5) is 5.69 Å². The molecule has 0 aliphatic heterocycles. The maximum Gasteiger partial charge on any atom is 0.232 e. The topological polar surface area (TPSA) is 75.6 Å². The molecule has 1 rings (SSSR count). The summed E-state index contributed by atoms with van der Waals surface area (Å²) in [6.07, 6.45) is 1.79. The minimum Gasteiger partial charge on any atom is -0.495 e. The summed E-state index contributed by atoms with van der Waals surface area (Å²) in [5.41, 5.74) is 1.04. The highest BCUT2D eigenvalue weighted by Crippen LogP contribution is 2.26. The van der Waals surface area contributed by atoms with Gasteiger partial charge in [0.1, 0.15) is 5.75 Å². The Labute approximate surface area is 126 Å². The molecule has 0 saturated heterocycles. The first-order valence-electron chi connectivity index (χ1n) is 6.80. The van der Waals surface area contributed by atoms with Gasteiger partial charge < -0.3 is 9.84 Å². The molecular weight excluding hydrogens is 290 g/mol. The third-order valence-corrected chi connectivity index (χ3v) is 4.06. The summed E-state index contributed by atoms with van der Waals surface area (Å²) in [6.45, 7) is 1.94. The molecule has 0 atom stereocenters. The van der Waals surface area contributed by atoms with Gasteiger partial charge in [-0.2, -0.15) is 0 Å². The van der Waals surface area contributed by atoms with E-state index in [0.29, 0.717) is 29.8 Å². The zero-order valence-corrected chi connectivity index (χ0v) is 13.2. The lowest BCUT2D eigenvalue weighted by Crippen LogP contribution is -2.17. The average molecular weight is 311 g/mol. The van der Waals surface area contributed by atoms with E-state index in [1.165, 1.54) is 7.11 Å². The summed E-state index contributed by atoms with van der Waals surface area (Å²) in [7, 11) is -1.91. The molecule has 1 aromatic carbocycles. The van der Waals surface area contributed by atoms with Gasteiger partial charge in [-0.15, -0.1) is 0 Å². The highest BCUT2D eigenvalue weighted by molar-refractivity contribution is 7.92. The Balaban J connectivity index is 2.98. The number of aliphatic hydroxyl groups is 1. The fourth-order valence-electron chi connectivity index (χ4n) is 1.64. The van der Waals surface area contributed by atoms with Gasteiger partial charge in [0.2, 0.25) is 10.0 Å². The van der Waals surface area contributed by atoms with Crippen LogP contribution in [-0.2, 0) is 10.0 Å². The molecule has 0 aromatic heterocycles. The van der Waals surface area contributed by atoms with E-state index in [0.717, 1.165) is 6.42 Å². The second-order valence-corrected chi connectivity index (χ2v) is 6.31. The number of hydrogen-bond acceptors (Lipinski definition) is 4. The molecular formula is C15H21NO4S. The third kappa shape index (κ3) is 6.06. The van der Waals surface area contributed by atoms with E-state index in [9.17, 15) is 8.42 Å². The van der Waals surface area contributed by atoms with Gasteiger partial charge in [0.15, 0.2) is 0 Å². The molecule has 116 valence electrons. The summed E-state index contributed by atoms with van der Waals surface area (Å²) < 4.78 is 31.6. The molecule has 6 heteroatoms. The molecule has 0 saturated carbocycles. The van der Waals surface area contributed by atoms with Crippen molar-refractivity contribution in [2.45, 2.75) is 26.2 Å². The van der Waals surface area contributed by atoms with Crippen molar-refractivity contribution < 1.29 is 18.3 Å². The van der Waals surface area contributed by atoms with Crippen LogP contribution in [0.1, 0.15) is 31.7 Å². The number of aliphatic hydroxyl groups excluding tert-OH is 1.